The van der Waals surface area contributed by atoms with Crippen molar-refractivity contribution in [2.24, 2.45) is 0 Å². The number of methoxy groups -OCH3 is 3. The van der Waals surface area contributed by atoms with E-state index >= 15 is 0 Å². The highest BCUT2D eigenvalue weighted by atomic mass is 16.5. The molecule has 0 saturated heterocycles. The first kappa shape index (κ1) is 15.7. The number of benzene rings is 2. The standard InChI is InChI=1S/C18H17NO6/c1-23-12-8-11-13(15(25-3)14(12)24-2)17(21)16(20)9-6-4-5-7-10(9)18(17,22)19-11/h4-8,19,21-22H,1-3H3/t17-,18+/m0/s1. The van der Waals surface area contributed by atoms with E-state index in [0.29, 0.717) is 17.0 Å². The minimum atomic E-state index is -2.24. The fourth-order valence-corrected chi connectivity index (χ4v) is 3.81. The number of hydrogen-bond donors (Lipinski definition) is 3. The maximum atomic E-state index is 13.0. The number of carbonyl (C=O) groups is 1. The molecule has 1 heterocycles. The molecule has 2 aromatic carbocycles. The molecule has 0 amide bonds. The third kappa shape index (κ3) is 1.59. The predicted octanol–water partition coefficient (Wildman–Crippen LogP) is 1.37. The van der Waals surface area contributed by atoms with Crippen molar-refractivity contribution in [3.63, 3.8) is 0 Å². The average molecular weight is 343 g/mol. The van der Waals surface area contributed by atoms with Gasteiger partial charge in [0.05, 0.1) is 32.6 Å². The first-order valence-corrected chi connectivity index (χ1v) is 7.64. The molecule has 1 aliphatic carbocycles. The van der Waals surface area contributed by atoms with E-state index in [2.05, 4.69) is 5.32 Å². The lowest BCUT2D eigenvalue weighted by Crippen LogP contribution is -2.49. The Hall–Kier alpha value is -2.77. The topological polar surface area (TPSA) is 97.3 Å². The highest BCUT2D eigenvalue weighted by Gasteiger charge is 2.69. The molecule has 2 aromatic rings. The number of aliphatic hydroxyl groups is 2. The van der Waals surface area contributed by atoms with E-state index in [1.807, 2.05) is 0 Å². The Morgan fingerprint density at radius 2 is 1.68 bits per heavy atom. The van der Waals surface area contributed by atoms with Crippen LogP contribution in [0.4, 0.5) is 5.69 Å². The van der Waals surface area contributed by atoms with Gasteiger partial charge in [-0.3, -0.25) is 4.79 Å². The molecular weight excluding hydrogens is 326 g/mol. The summed E-state index contributed by atoms with van der Waals surface area (Å²) >= 11 is 0. The molecule has 0 radical (unpaired) electrons. The third-order valence-corrected chi connectivity index (χ3v) is 4.92. The lowest BCUT2D eigenvalue weighted by Gasteiger charge is -2.31. The van der Waals surface area contributed by atoms with Crippen LogP contribution < -0.4 is 19.5 Å². The second-order valence-electron chi connectivity index (χ2n) is 5.99. The summed E-state index contributed by atoms with van der Waals surface area (Å²) in [4.78, 5) is 13.0. The summed E-state index contributed by atoms with van der Waals surface area (Å²) in [5.74, 6) is 0.0942. The summed E-state index contributed by atoms with van der Waals surface area (Å²) in [5.41, 5.74) is -3.23. The first-order chi connectivity index (χ1) is 11.9. The number of Topliss-reactive ketones (excluding diaryl/α,β-unsaturated/α-hetero) is 1. The molecule has 0 unspecified atom stereocenters. The van der Waals surface area contributed by atoms with Gasteiger partial charge >= 0.3 is 0 Å². The van der Waals surface area contributed by atoms with Gasteiger partial charge in [-0.05, 0) is 0 Å². The molecule has 4 rings (SSSR count). The van der Waals surface area contributed by atoms with Crippen LogP contribution in [0.25, 0.3) is 0 Å². The van der Waals surface area contributed by atoms with Crippen molar-refractivity contribution in [3.8, 4) is 17.2 Å². The maximum absolute atomic E-state index is 13.0. The minimum absolute atomic E-state index is 0.122. The van der Waals surface area contributed by atoms with Crippen molar-refractivity contribution < 1.29 is 29.2 Å². The van der Waals surface area contributed by atoms with Crippen LogP contribution >= 0.6 is 0 Å². The quantitative estimate of drug-likeness (QED) is 0.774. The summed E-state index contributed by atoms with van der Waals surface area (Å²) in [6, 6.07) is 8.10. The summed E-state index contributed by atoms with van der Waals surface area (Å²) in [7, 11) is 4.28. The van der Waals surface area contributed by atoms with E-state index in [1.54, 1.807) is 30.3 Å². The number of carbonyl (C=O) groups excluding carboxylic acids is 1. The molecule has 1 aliphatic heterocycles. The van der Waals surface area contributed by atoms with E-state index in [9.17, 15) is 15.0 Å². The maximum Gasteiger partial charge on any atom is 0.211 e. The van der Waals surface area contributed by atoms with Gasteiger partial charge in [0.2, 0.25) is 22.9 Å². The van der Waals surface area contributed by atoms with Crippen molar-refractivity contribution in [2.75, 3.05) is 26.6 Å². The number of ketones is 1. The predicted molar refractivity (Wildman–Crippen MR) is 88.3 cm³/mol. The van der Waals surface area contributed by atoms with Gasteiger partial charge in [0, 0.05) is 17.2 Å². The van der Waals surface area contributed by atoms with Crippen LogP contribution in [0.15, 0.2) is 30.3 Å². The molecular formula is C18H17NO6. The van der Waals surface area contributed by atoms with Crippen LogP contribution in [0.3, 0.4) is 0 Å². The van der Waals surface area contributed by atoms with E-state index in [1.165, 1.54) is 21.3 Å². The van der Waals surface area contributed by atoms with Gasteiger partial charge in [0.1, 0.15) is 0 Å². The fraction of sp³-hybridized carbons (Fsp3) is 0.278. The average Bonchev–Trinajstić information content (AvgIpc) is 2.96. The normalized spacial score (nSPS) is 25.7. The van der Waals surface area contributed by atoms with E-state index in [-0.39, 0.29) is 22.6 Å². The summed E-state index contributed by atoms with van der Waals surface area (Å²) in [6.07, 6.45) is 0. The number of hydrogen-bond acceptors (Lipinski definition) is 7. The van der Waals surface area contributed by atoms with Gasteiger partial charge in [-0.1, -0.05) is 24.3 Å². The second kappa shape index (κ2) is 4.87. The Labute approximate surface area is 143 Å². The summed E-state index contributed by atoms with van der Waals surface area (Å²) < 4.78 is 16.1. The SMILES string of the molecule is COc1cc2c(c(OC)c1OC)[C@]1(O)C(=O)c3ccccc3[C@]1(O)N2. The Balaban J connectivity index is 2.07. The van der Waals surface area contributed by atoms with Gasteiger partial charge in [0.15, 0.2) is 11.5 Å². The third-order valence-electron chi connectivity index (χ3n) is 4.92. The number of fused-ring (bicyclic) bond motifs is 5. The van der Waals surface area contributed by atoms with Crippen LogP contribution in [-0.2, 0) is 11.3 Å². The van der Waals surface area contributed by atoms with Crippen LogP contribution in [0.1, 0.15) is 21.5 Å². The van der Waals surface area contributed by atoms with Crippen molar-refractivity contribution in [1.29, 1.82) is 0 Å². The van der Waals surface area contributed by atoms with E-state index in [0.717, 1.165) is 0 Å². The Bertz CT molecular complexity index is 911. The molecule has 0 fully saturated rings. The molecule has 7 heteroatoms. The minimum Gasteiger partial charge on any atom is -0.493 e. The molecule has 3 N–H and O–H groups in total. The number of rotatable bonds is 3. The Morgan fingerprint density at radius 3 is 2.32 bits per heavy atom. The lowest BCUT2D eigenvalue weighted by molar-refractivity contribution is -0.101. The zero-order valence-corrected chi connectivity index (χ0v) is 13.9. The largest absolute Gasteiger partial charge is 0.493 e. The zero-order valence-electron chi connectivity index (χ0n) is 13.9. The molecule has 25 heavy (non-hydrogen) atoms. The molecule has 7 nitrogen and oxygen atoms in total. The Kier molecular flexibility index (Phi) is 3.07. The number of ether oxygens (including phenoxy) is 3. The first-order valence-electron chi connectivity index (χ1n) is 7.64. The second-order valence-corrected chi connectivity index (χ2v) is 5.99. The van der Waals surface area contributed by atoms with Crippen LogP contribution in [0.2, 0.25) is 0 Å². The molecule has 2 aliphatic rings. The molecule has 0 spiro atoms. The highest BCUT2D eigenvalue weighted by molar-refractivity contribution is 6.12. The molecule has 2 atom stereocenters. The number of nitrogens with one attached hydrogen (secondary N) is 1. The van der Waals surface area contributed by atoms with Crippen LogP contribution in [0, 0.1) is 0 Å². The zero-order chi connectivity index (χ0) is 18.0. The van der Waals surface area contributed by atoms with Gasteiger partial charge in [-0.15, -0.1) is 0 Å². The fourth-order valence-electron chi connectivity index (χ4n) is 3.81. The van der Waals surface area contributed by atoms with Crippen molar-refractivity contribution >= 4 is 11.5 Å². The lowest BCUT2D eigenvalue weighted by atomic mass is 9.85. The molecule has 130 valence electrons. The van der Waals surface area contributed by atoms with Gasteiger partial charge < -0.3 is 29.7 Å². The highest BCUT2D eigenvalue weighted by Crippen LogP contribution is 2.62. The molecule has 0 bridgehead atoms. The molecule has 0 aromatic heterocycles. The molecule has 0 saturated carbocycles. The van der Waals surface area contributed by atoms with Gasteiger partial charge in [-0.25, -0.2) is 0 Å². The Morgan fingerprint density at radius 1 is 1.00 bits per heavy atom. The van der Waals surface area contributed by atoms with Gasteiger partial charge in [-0.2, -0.15) is 0 Å². The van der Waals surface area contributed by atoms with E-state index in [4.69, 9.17) is 14.2 Å². The monoisotopic (exact) mass is 343 g/mol. The van der Waals surface area contributed by atoms with E-state index < -0.39 is 17.1 Å². The summed E-state index contributed by atoms with van der Waals surface area (Å²) in [5, 5.41) is 25.5. The van der Waals surface area contributed by atoms with Crippen molar-refractivity contribution in [1.82, 2.24) is 0 Å². The summed E-state index contributed by atoms with van der Waals surface area (Å²) in [6.45, 7) is 0. The van der Waals surface area contributed by atoms with Crippen molar-refractivity contribution in [2.45, 2.75) is 11.3 Å². The van der Waals surface area contributed by atoms with Gasteiger partial charge in [0.25, 0.3) is 0 Å². The smallest absolute Gasteiger partial charge is 0.211 e. The van der Waals surface area contributed by atoms with Crippen LogP contribution in [-0.4, -0.2) is 37.3 Å². The number of anilines is 1. The van der Waals surface area contributed by atoms with Crippen LogP contribution in [0.5, 0.6) is 17.2 Å². The van der Waals surface area contributed by atoms with Crippen molar-refractivity contribution in [3.05, 3.63) is 47.0 Å².